The molecular formula is C16H19F2N5O3S. The van der Waals surface area contributed by atoms with Crippen LogP contribution in [-0.4, -0.2) is 56.9 Å². The van der Waals surface area contributed by atoms with E-state index in [0.717, 1.165) is 11.6 Å². The maximum absolute atomic E-state index is 12.6. The molecule has 2 bridgehead atoms. The minimum Gasteiger partial charge on any atom is -0.444 e. The van der Waals surface area contributed by atoms with Gasteiger partial charge in [-0.25, -0.2) is 9.78 Å². The number of hydrogen-bond acceptors (Lipinski definition) is 8. The van der Waals surface area contributed by atoms with Gasteiger partial charge in [0.2, 0.25) is 0 Å². The predicted octanol–water partition coefficient (Wildman–Crippen LogP) is 3.33. The maximum Gasteiger partial charge on any atom is 0.410 e. The molecule has 5 heterocycles. The fraction of sp³-hybridized carbons (Fsp3) is 0.625. The summed E-state index contributed by atoms with van der Waals surface area (Å²) >= 11 is 1.30. The molecule has 0 saturated carbocycles. The molecule has 0 radical (unpaired) electrons. The first-order valence-corrected chi connectivity index (χ1v) is 9.37. The zero-order chi connectivity index (χ0) is 19.3. The second-order valence-corrected chi connectivity index (χ2v) is 8.60. The van der Waals surface area contributed by atoms with E-state index in [1.165, 1.54) is 17.5 Å². The van der Waals surface area contributed by atoms with Crippen LogP contribution in [0.15, 0.2) is 10.6 Å². The first kappa shape index (κ1) is 18.1. The number of nitrogens with zero attached hydrogens (tertiary/aromatic N) is 5. The van der Waals surface area contributed by atoms with E-state index >= 15 is 0 Å². The van der Waals surface area contributed by atoms with E-state index in [4.69, 9.17) is 9.15 Å². The molecule has 11 heteroatoms. The minimum absolute atomic E-state index is 0.0339. The normalized spacial score (nSPS) is 22.1. The third-order valence-corrected chi connectivity index (χ3v) is 5.45. The quantitative estimate of drug-likeness (QED) is 0.783. The average molecular weight is 399 g/mol. The van der Waals surface area contributed by atoms with Crippen LogP contribution in [0.2, 0.25) is 0 Å². The number of aromatic nitrogens is 3. The molecule has 5 rings (SSSR count). The van der Waals surface area contributed by atoms with Crippen molar-refractivity contribution in [2.75, 3.05) is 18.0 Å². The lowest BCUT2D eigenvalue weighted by molar-refractivity contribution is -0.0379. The van der Waals surface area contributed by atoms with Crippen LogP contribution in [0.5, 0.6) is 0 Å². The summed E-state index contributed by atoms with van der Waals surface area (Å²) in [5.74, 6) is -0.668. The van der Waals surface area contributed by atoms with Crippen molar-refractivity contribution in [2.24, 2.45) is 0 Å². The Balaban J connectivity index is 1.42. The highest BCUT2D eigenvalue weighted by Crippen LogP contribution is 2.38. The number of carbonyl (C=O) groups is 1. The molecule has 0 aromatic carbocycles. The Morgan fingerprint density at radius 3 is 2.63 bits per heavy atom. The van der Waals surface area contributed by atoms with Gasteiger partial charge in [0, 0.05) is 13.1 Å². The second kappa shape index (κ2) is 6.39. The highest BCUT2D eigenvalue weighted by atomic mass is 32.1. The molecular weight excluding hydrogens is 380 g/mol. The third-order valence-electron chi connectivity index (χ3n) is 4.40. The predicted molar refractivity (Wildman–Crippen MR) is 92.8 cm³/mol. The average Bonchev–Trinajstić information content (AvgIpc) is 3.22. The summed E-state index contributed by atoms with van der Waals surface area (Å²) in [6.45, 7) is 6.84. The summed E-state index contributed by atoms with van der Waals surface area (Å²) in [5, 5.41) is 7.71. The number of amides is 1. The van der Waals surface area contributed by atoms with Crippen molar-refractivity contribution < 1.29 is 22.7 Å². The smallest absolute Gasteiger partial charge is 0.410 e. The van der Waals surface area contributed by atoms with Gasteiger partial charge in [-0.05, 0) is 27.2 Å². The molecule has 2 atom stereocenters. The van der Waals surface area contributed by atoms with Crippen LogP contribution in [0, 0.1) is 0 Å². The number of alkyl halides is 2. The van der Waals surface area contributed by atoms with Crippen LogP contribution < -0.4 is 4.90 Å². The lowest BCUT2D eigenvalue weighted by atomic mass is 9.88. The van der Waals surface area contributed by atoms with Crippen molar-refractivity contribution in [3.05, 3.63) is 12.1 Å². The highest BCUT2D eigenvalue weighted by molar-refractivity contribution is 7.18. The van der Waals surface area contributed by atoms with E-state index in [1.54, 1.807) is 4.90 Å². The summed E-state index contributed by atoms with van der Waals surface area (Å²) in [4.78, 5) is 21.1. The van der Waals surface area contributed by atoms with Crippen LogP contribution in [-0.2, 0) is 4.74 Å². The molecule has 0 aliphatic carbocycles. The monoisotopic (exact) mass is 399 g/mol. The number of ether oxygens (including phenoxy) is 1. The molecule has 27 heavy (non-hydrogen) atoms. The van der Waals surface area contributed by atoms with Crippen LogP contribution >= 0.6 is 11.3 Å². The van der Waals surface area contributed by atoms with E-state index < -0.39 is 17.9 Å². The first-order valence-electron chi connectivity index (χ1n) is 8.55. The van der Waals surface area contributed by atoms with Gasteiger partial charge in [0.15, 0.2) is 5.13 Å². The van der Waals surface area contributed by atoms with Crippen LogP contribution in [0.4, 0.5) is 18.7 Å². The molecule has 0 spiro atoms. The second-order valence-electron chi connectivity index (χ2n) is 7.59. The number of piperazine rings is 1. The fourth-order valence-electron chi connectivity index (χ4n) is 3.31. The van der Waals surface area contributed by atoms with Crippen molar-refractivity contribution in [3.8, 4) is 10.8 Å². The number of hydrogen-bond donors (Lipinski definition) is 0. The number of fused-ring (bicyclic) bond motifs is 2. The number of halogens is 2. The van der Waals surface area contributed by atoms with Crippen molar-refractivity contribution in [2.45, 2.75) is 51.3 Å². The van der Waals surface area contributed by atoms with Gasteiger partial charge in [0.1, 0.15) is 10.5 Å². The zero-order valence-corrected chi connectivity index (χ0v) is 15.9. The summed E-state index contributed by atoms with van der Waals surface area (Å²) in [5.41, 5.74) is -0.522. The van der Waals surface area contributed by atoms with Crippen molar-refractivity contribution in [3.63, 3.8) is 0 Å². The van der Waals surface area contributed by atoms with Gasteiger partial charge < -0.3 is 14.1 Å². The molecule has 1 amide bonds. The minimum atomic E-state index is -2.80. The molecule has 3 aliphatic rings. The lowest BCUT2D eigenvalue weighted by Crippen LogP contribution is -2.70. The van der Waals surface area contributed by atoms with E-state index in [1.807, 2.05) is 20.8 Å². The molecule has 8 nitrogen and oxygen atoms in total. The van der Waals surface area contributed by atoms with Gasteiger partial charge in [-0.2, -0.15) is 8.78 Å². The number of piperidine rings is 1. The van der Waals surface area contributed by atoms with Crippen LogP contribution in [0.1, 0.15) is 39.5 Å². The first-order chi connectivity index (χ1) is 12.7. The van der Waals surface area contributed by atoms with Gasteiger partial charge >= 0.3 is 12.5 Å². The fourth-order valence-corrected chi connectivity index (χ4v) is 4.17. The molecule has 0 unspecified atom stereocenters. The molecule has 2 aromatic heterocycles. The van der Waals surface area contributed by atoms with E-state index in [0.29, 0.717) is 18.0 Å². The summed E-state index contributed by atoms with van der Waals surface area (Å²) in [6, 6.07) is 0.166. The standard InChI is InChI=1S/C16H19F2N5O3S/c1-16(2,3)26-15(24)23-8-4-9(23)7-22(6-8)14-19-5-10(27-14)12-20-21-13(25-12)11(17)18/h5,8-9,11H,4,6-7H2,1-3H3/t8-,9+. The summed E-state index contributed by atoms with van der Waals surface area (Å²) < 4.78 is 35.6. The molecule has 0 N–H and O–H groups in total. The largest absolute Gasteiger partial charge is 0.444 e. The van der Waals surface area contributed by atoms with Gasteiger partial charge in [0.25, 0.3) is 11.8 Å². The summed E-state index contributed by atoms with van der Waals surface area (Å²) in [7, 11) is 0. The Morgan fingerprint density at radius 2 is 2.04 bits per heavy atom. The van der Waals surface area contributed by atoms with Crippen molar-refractivity contribution >= 4 is 22.6 Å². The van der Waals surface area contributed by atoms with Crippen molar-refractivity contribution in [1.29, 1.82) is 0 Å². The van der Waals surface area contributed by atoms with E-state index in [9.17, 15) is 13.6 Å². The Kier molecular flexibility index (Phi) is 4.28. The van der Waals surface area contributed by atoms with Gasteiger partial charge in [-0.1, -0.05) is 11.3 Å². The molecule has 146 valence electrons. The van der Waals surface area contributed by atoms with E-state index in [2.05, 4.69) is 20.1 Å². The SMILES string of the molecule is CC(C)(C)OC(=O)N1[C@@H]2C[C@H]1CN(c1ncc(-c3nnc(C(F)F)o3)s1)C2. The third kappa shape index (κ3) is 3.47. The molecule has 3 aliphatic heterocycles. The van der Waals surface area contributed by atoms with E-state index in [-0.39, 0.29) is 24.1 Å². The Morgan fingerprint density at radius 1 is 1.33 bits per heavy atom. The zero-order valence-electron chi connectivity index (χ0n) is 15.1. The van der Waals surface area contributed by atoms with Gasteiger partial charge in [-0.3, -0.25) is 4.90 Å². The van der Waals surface area contributed by atoms with Crippen LogP contribution in [0.25, 0.3) is 10.8 Å². The molecule has 3 saturated heterocycles. The maximum atomic E-state index is 12.6. The van der Waals surface area contributed by atoms with Gasteiger partial charge in [-0.15, -0.1) is 10.2 Å². The number of thiazole rings is 1. The Bertz CT molecular complexity index is 837. The molecule has 3 fully saturated rings. The number of carbonyl (C=O) groups excluding carboxylic acids is 1. The Hall–Kier alpha value is -2.30. The Labute approximate surface area is 158 Å². The summed E-state index contributed by atoms with van der Waals surface area (Å²) in [6.07, 6.45) is -0.607. The van der Waals surface area contributed by atoms with Crippen LogP contribution in [0.3, 0.4) is 0 Å². The number of rotatable bonds is 3. The molecule has 2 aromatic rings. The van der Waals surface area contributed by atoms with Crippen molar-refractivity contribution in [1.82, 2.24) is 20.1 Å². The topological polar surface area (TPSA) is 84.6 Å². The lowest BCUT2D eigenvalue weighted by Gasteiger charge is -2.55. The highest BCUT2D eigenvalue weighted by Gasteiger charge is 2.49. The number of anilines is 1. The van der Waals surface area contributed by atoms with Gasteiger partial charge in [0.05, 0.1) is 18.3 Å².